The summed E-state index contributed by atoms with van der Waals surface area (Å²) in [6.45, 7) is 3.01. The van der Waals surface area contributed by atoms with Crippen molar-refractivity contribution in [1.29, 1.82) is 0 Å². The van der Waals surface area contributed by atoms with Crippen molar-refractivity contribution in [1.82, 2.24) is 5.32 Å². The first-order chi connectivity index (χ1) is 8.16. The van der Waals surface area contributed by atoms with Gasteiger partial charge in [-0.2, -0.15) is 0 Å². The highest BCUT2D eigenvalue weighted by molar-refractivity contribution is 6.35. The van der Waals surface area contributed by atoms with Crippen molar-refractivity contribution >= 4 is 28.9 Å². The van der Waals surface area contributed by atoms with Crippen LogP contribution in [-0.4, -0.2) is 19.6 Å². The van der Waals surface area contributed by atoms with Crippen LogP contribution >= 0.6 is 23.2 Å². The minimum absolute atomic E-state index is 0.0605. The number of piperidine rings is 1. The van der Waals surface area contributed by atoms with Gasteiger partial charge in [0, 0.05) is 12.2 Å². The zero-order valence-corrected chi connectivity index (χ0v) is 10.9. The number of hydrogen-bond donors (Lipinski definition) is 2. The van der Waals surface area contributed by atoms with Crippen molar-refractivity contribution in [3.05, 3.63) is 28.0 Å². The maximum atomic E-state index is 13.2. The Hall–Kier alpha value is -0.510. The monoisotopic (exact) mass is 276 g/mol. The van der Waals surface area contributed by atoms with E-state index in [0.29, 0.717) is 5.92 Å². The van der Waals surface area contributed by atoms with E-state index in [0.717, 1.165) is 38.2 Å². The van der Waals surface area contributed by atoms with E-state index in [4.69, 9.17) is 23.2 Å². The molecule has 1 aliphatic rings. The van der Waals surface area contributed by atoms with E-state index < -0.39 is 5.82 Å². The standard InChI is InChI=1S/C12H15Cl2FN2/c13-10-5-9(6-11(14)12(10)15)17-7-8-1-3-16-4-2-8/h5-6,8,16-17H,1-4,7H2. The quantitative estimate of drug-likeness (QED) is 0.826. The molecule has 1 aromatic rings. The first-order valence-corrected chi connectivity index (χ1v) is 6.51. The molecule has 1 heterocycles. The van der Waals surface area contributed by atoms with Gasteiger partial charge in [-0.15, -0.1) is 0 Å². The van der Waals surface area contributed by atoms with Crippen molar-refractivity contribution in [3.8, 4) is 0 Å². The molecule has 1 fully saturated rings. The van der Waals surface area contributed by atoms with E-state index in [-0.39, 0.29) is 10.0 Å². The van der Waals surface area contributed by atoms with E-state index >= 15 is 0 Å². The summed E-state index contributed by atoms with van der Waals surface area (Å²) >= 11 is 11.5. The summed E-state index contributed by atoms with van der Waals surface area (Å²) < 4.78 is 13.2. The summed E-state index contributed by atoms with van der Waals surface area (Å²) in [5.74, 6) is 0.0969. The highest BCUT2D eigenvalue weighted by Gasteiger charge is 2.13. The highest BCUT2D eigenvalue weighted by atomic mass is 35.5. The van der Waals surface area contributed by atoms with Gasteiger partial charge in [0.15, 0.2) is 5.82 Å². The Morgan fingerprint density at radius 3 is 2.41 bits per heavy atom. The lowest BCUT2D eigenvalue weighted by atomic mass is 9.98. The molecular weight excluding hydrogens is 262 g/mol. The Morgan fingerprint density at radius 1 is 1.24 bits per heavy atom. The van der Waals surface area contributed by atoms with Crippen LogP contribution in [-0.2, 0) is 0 Å². The number of halogens is 3. The van der Waals surface area contributed by atoms with Gasteiger partial charge < -0.3 is 10.6 Å². The van der Waals surface area contributed by atoms with E-state index in [9.17, 15) is 4.39 Å². The van der Waals surface area contributed by atoms with E-state index in [1.807, 2.05) is 0 Å². The van der Waals surface area contributed by atoms with Crippen molar-refractivity contribution in [2.24, 2.45) is 5.92 Å². The predicted molar refractivity (Wildman–Crippen MR) is 70.5 cm³/mol. The van der Waals surface area contributed by atoms with Gasteiger partial charge in [0.05, 0.1) is 10.0 Å². The molecule has 0 amide bonds. The Labute approximate surface area is 110 Å². The lowest BCUT2D eigenvalue weighted by Gasteiger charge is -2.23. The molecule has 2 rings (SSSR count). The van der Waals surface area contributed by atoms with Gasteiger partial charge >= 0.3 is 0 Å². The second kappa shape index (κ2) is 5.89. The van der Waals surface area contributed by atoms with E-state index in [2.05, 4.69) is 10.6 Å². The normalized spacial score (nSPS) is 17.1. The van der Waals surface area contributed by atoms with Crippen LogP contribution in [0.4, 0.5) is 10.1 Å². The molecule has 0 spiro atoms. The summed E-state index contributed by atoms with van der Waals surface area (Å²) in [5.41, 5.74) is 0.778. The molecule has 2 N–H and O–H groups in total. The van der Waals surface area contributed by atoms with Crippen molar-refractivity contribution in [2.45, 2.75) is 12.8 Å². The number of nitrogens with one attached hydrogen (secondary N) is 2. The fourth-order valence-corrected chi connectivity index (χ4v) is 2.49. The van der Waals surface area contributed by atoms with Crippen LogP contribution in [0, 0.1) is 11.7 Å². The predicted octanol–water partition coefficient (Wildman–Crippen LogP) is 3.54. The fraction of sp³-hybridized carbons (Fsp3) is 0.500. The molecule has 1 aromatic carbocycles. The molecule has 17 heavy (non-hydrogen) atoms. The average Bonchev–Trinajstić information content (AvgIpc) is 2.34. The van der Waals surface area contributed by atoms with Gasteiger partial charge in [-0.1, -0.05) is 23.2 Å². The molecule has 0 unspecified atom stereocenters. The molecule has 2 nitrogen and oxygen atoms in total. The van der Waals surface area contributed by atoms with Gasteiger partial charge in [-0.25, -0.2) is 4.39 Å². The molecule has 5 heteroatoms. The second-order valence-electron chi connectivity index (χ2n) is 4.33. The summed E-state index contributed by atoms with van der Waals surface area (Å²) in [6.07, 6.45) is 2.32. The lowest BCUT2D eigenvalue weighted by molar-refractivity contribution is 0.390. The highest BCUT2D eigenvalue weighted by Crippen LogP contribution is 2.27. The van der Waals surface area contributed by atoms with Crippen LogP contribution in [0.1, 0.15) is 12.8 Å². The first-order valence-electron chi connectivity index (χ1n) is 5.76. The molecule has 1 aliphatic heterocycles. The number of rotatable bonds is 3. The van der Waals surface area contributed by atoms with Gasteiger partial charge in [-0.05, 0) is 44.0 Å². The Balaban J connectivity index is 1.94. The summed E-state index contributed by atoms with van der Waals surface area (Å²) in [4.78, 5) is 0. The SMILES string of the molecule is Fc1c(Cl)cc(NCC2CCNCC2)cc1Cl. The van der Waals surface area contributed by atoms with Gasteiger partial charge in [-0.3, -0.25) is 0 Å². The topological polar surface area (TPSA) is 24.1 Å². The third kappa shape index (κ3) is 3.47. The lowest BCUT2D eigenvalue weighted by Crippen LogP contribution is -2.31. The summed E-state index contributed by atoms with van der Waals surface area (Å²) in [7, 11) is 0. The molecule has 1 saturated heterocycles. The van der Waals surface area contributed by atoms with Crippen LogP contribution in [0.15, 0.2) is 12.1 Å². The number of hydrogen-bond acceptors (Lipinski definition) is 2. The molecule has 94 valence electrons. The van der Waals surface area contributed by atoms with Crippen LogP contribution in [0.3, 0.4) is 0 Å². The Bertz CT molecular complexity index is 369. The molecule has 0 aliphatic carbocycles. The third-order valence-corrected chi connectivity index (χ3v) is 3.59. The van der Waals surface area contributed by atoms with Gasteiger partial charge in [0.25, 0.3) is 0 Å². The smallest absolute Gasteiger partial charge is 0.160 e. The Morgan fingerprint density at radius 2 is 1.82 bits per heavy atom. The molecule has 0 atom stereocenters. The van der Waals surface area contributed by atoms with Crippen molar-refractivity contribution in [2.75, 3.05) is 25.0 Å². The first kappa shape index (κ1) is 12.9. The van der Waals surface area contributed by atoms with Crippen LogP contribution in [0.25, 0.3) is 0 Å². The summed E-state index contributed by atoms with van der Waals surface area (Å²) in [5, 5.41) is 6.70. The molecule has 0 saturated carbocycles. The maximum absolute atomic E-state index is 13.2. The van der Waals surface area contributed by atoms with Crippen LogP contribution in [0.5, 0.6) is 0 Å². The second-order valence-corrected chi connectivity index (χ2v) is 5.14. The minimum atomic E-state index is -0.555. The number of benzene rings is 1. The summed E-state index contributed by atoms with van der Waals surface area (Å²) in [6, 6.07) is 3.15. The third-order valence-electron chi connectivity index (χ3n) is 3.04. The molecule has 0 bridgehead atoms. The van der Waals surface area contributed by atoms with Crippen LogP contribution in [0.2, 0.25) is 10.0 Å². The van der Waals surface area contributed by atoms with E-state index in [1.54, 1.807) is 12.1 Å². The Kier molecular flexibility index (Phi) is 4.48. The average molecular weight is 277 g/mol. The van der Waals surface area contributed by atoms with Gasteiger partial charge in [0.2, 0.25) is 0 Å². The molecule has 0 aromatic heterocycles. The minimum Gasteiger partial charge on any atom is -0.385 e. The van der Waals surface area contributed by atoms with E-state index in [1.165, 1.54) is 0 Å². The molecule has 0 radical (unpaired) electrons. The van der Waals surface area contributed by atoms with Gasteiger partial charge in [0.1, 0.15) is 0 Å². The van der Waals surface area contributed by atoms with Crippen molar-refractivity contribution < 1.29 is 4.39 Å². The fourth-order valence-electron chi connectivity index (χ4n) is 2.01. The largest absolute Gasteiger partial charge is 0.385 e. The maximum Gasteiger partial charge on any atom is 0.160 e. The van der Waals surface area contributed by atoms with Crippen LogP contribution < -0.4 is 10.6 Å². The zero-order chi connectivity index (χ0) is 12.3. The van der Waals surface area contributed by atoms with Crippen molar-refractivity contribution in [3.63, 3.8) is 0 Å². The molecular formula is C12H15Cl2FN2. The zero-order valence-electron chi connectivity index (χ0n) is 9.40. The number of anilines is 1.